The second-order valence-electron chi connectivity index (χ2n) is 6.57. The largest absolute Gasteiger partial charge is 0.494 e. The summed E-state index contributed by atoms with van der Waals surface area (Å²) in [7, 11) is 3.97. The van der Waals surface area contributed by atoms with Gasteiger partial charge in [-0.2, -0.15) is 0 Å². The van der Waals surface area contributed by atoms with E-state index in [1.165, 1.54) is 24.8 Å². The van der Waals surface area contributed by atoms with Crippen molar-refractivity contribution >= 4 is 5.96 Å². The lowest BCUT2D eigenvalue weighted by Gasteiger charge is -2.26. The molecule has 0 spiro atoms. The van der Waals surface area contributed by atoms with E-state index in [0.29, 0.717) is 6.61 Å². The minimum Gasteiger partial charge on any atom is -0.494 e. The van der Waals surface area contributed by atoms with Gasteiger partial charge in [0.1, 0.15) is 5.75 Å². The van der Waals surface area contributed by atoms with Crippen LogP contribution in [0.15, 0.2) is 29.3 Å². The molecule has 0 radical (unpaired) electrons. The Bertz CT molecular complexity index is 527. The van der Waals surface area contributed by atoms with Crippen LogP contribution in [0.4, 0.5) is 0 Å². The first kappa shape index (κ1) is 19.6. The van der Waals surface area contributed by atoms with E-state index in [4.69, 9.17) is 9.47 Å². The van der Waals surface area contributed by atoms with Crippen LogP contribution in [-0.2, 0) is 11.2 Å². The number of rotatable bonds is 8. The van der Waals surface area contributed by atoms with Crippen LogP contribution in [0.25, 0.3) is 0 Å². The Kier molecular flexibility index (Phi) is 8.60. The van der Waals surface area contributed by atoms with Crippen LogP contribution in [0.5, 0.6) is 5.75 Å². The molecule has 0 unspecified atom stereocenters. The van der Waals surface area contributed by atoms with Gasteiger partial charge in [-0.25, -0.2) is 0 Å². The van der Waals surface area contributed by atoms with Crippen LogP contribution in [0.3, 0.4) is 0 Å². The van der Waals surface area contributed by atoms with Crippen molar-refractivity contribution in [3.05, 3.63) is 29.8 Å². The van der Waals surface area contributed by atoms with Crippen molar-refractivity contribution in [2.24, 2.45) is 10.9 Å². The predicted octanol–water partition coefficient (Wildman–Crippen LogP) is 2.95. The maximum Gasteiger partial charge on any atom is 0.193 e. The summed E-state index contributed by atoms with van der Waals surface area (Å²) in [6, 6.07) is 8.31. The van der Waals surface area contributed by atoms with Gasteiger partial charge in [-0.3, -0.25) is 4.99 Å². The number of hydrogen-bond acceptors (Lipinski definition) is 3. The van der Waals surface area contributed by atoms with E-state index in [-0.39, 0.29) is 0 Å². The number of benzene rings is 1. The van der Waals surface area contributed by atoms with Gasteiger partial charge in [0.25, 0.3) is 0 Å². The highest BCUT2D eigenvalue weighted by Gasteiger charge is 2.15. The molecule has 5 nitrogen and oxygen atoms in total. The fraction of sp³-hybridized carbons (Fsp3) is 0.650. The molecule has 5 heteroatoms. The van der Waals surface area contributed by atoms with Crippen molar-refractivity contribution < 1.29 is 9.47 Å². The fourth-order valence-electron chi connectivity index (χ4n) is 3.18. The summed E-state index contributed by atoms with van der Waals surface area (Å²) in [5.74, 6) is 2.70. The summed E-state index contributed by atoms with van der Waals surface area (Å²) in [6.07, 6.45) is 4.54. The predicted molar refractivity (Wildman–Crippen MR) is 103 cm³/mol. The average Bonchev–Trinajstić information content (AvgIpc) is 2.65. The Balaban J connectivity index is 1.72. The van der Waals surface area contributed by atoms with Crippen LogP contribution in [0.1, 0.15) is 31.7 Å². The van der Waals surface area contributed by atoms with Crippen molar-refractivity contribution in [3.8, 4) is 5.75 Å². The van der Waals surface area contributed by atoms with Gasteiger partial charge in [0.15, 0.2) is 5.96 Å². The third-order valence-electron chi connectivity index (χ3n) is 4.69. The van der Waals surface area contributed by atoms with Crippen LogP contribution in [0.2, 0.25) is 0 Å². The second kappa shape index (κ2) is 11.0. The van der Waals surface area contributed by atoms with Gasteiger partial charge in [0.05, 0.1) is 6.61 Å². The van der Waals surface area contributed by atoms with E-state index >= 15 is 0 Å². The van der Waals surface area contributed by atoms with Gasteiger partial charge in [0.2, 0.25) is 0 Å². The molecule has 1 aliphatic heterocycles. The number of hydrogen-bond donors (Lipinski definition) is 1. The zero-order chi connectivity index (χ0) is 17.9. The Morgan fingerprint density at radius 2 is 2.16 bits per heavy atom. The molecule has 1 N–H and O–H groups in total. The molecule has 1 heterocycles. The Morgan fingerprint density at radius 1 is 1.36 bits per heavy atom. The summed E-state index contributed by atoms with van der Waals surface area (Å²) in [4.78, 5) is 6.64. The SMILES string of the molecule is CCOc1cccc(CCNC(=NC)N(C)CCC2CCOCC2)c1. The molecule has 1 aromatic rings. The summed E-state index contributed by atoms with van der Waals surface area (Å²) in [5, 5.41) is 3.47. The van der Waals surface area contributed by atoms with Crippen molar-refractivity contribution in [1.82, 2.24) is 10.2 Å². The number of guanidine groups is 1. The molecule has 1 aliphatic rings. The Hall–Kier alpha value is -1.75. The van der Waals surface area contributed by atoms with Crippen LogP contribution in [0, 0.1) is 5.92 Å². The first-order valence-corrected chi connectivity index (χ1v) is 9.44. The van der Waals surface area contributed by atoms with E-state index in [0.717, 1.165) is 50.4 Å². The van der Waals surface area contributed by atoms with Gasteiger partial charge in [0, 0.05) is 40.4 Å². The molecular weight excluding hydrogens is 314 g/mol. The quantitative estimate of drug-likeness (QED) is 0.580. The monoisotopic (exact) mass is 347 g/mol. The van der Waals surface area contributed by atoms with Gasteiger partial charge >= 0.3 is 0 Å². The van der Waals surface area contributed by atoms with Gasteiger partial charge in [-0.1, -0.05) is 12.1 Å². The average molecular weight is 348 g/mol. The normalized spacial score (nSPS) is 15.9. The van der Waals surface area contributed by atoms with E-state index < -0.39 is 0 Å². The standard InChI is InChI=1S/C20H33N3O2/c1-4-25-19-7-5-6-18(16-19)8-12-22-20(21-2)23(3)13-9-17-10-14-24-15-11-17/h5-7,16-17H,4,8-15H2,1-3H3,(H,21,22). The molecule has 25 heavy (non-hydrogen) atoms. The number of nitrogens with one attached hydrogen (secondary N) is 1. The van der Waals surface area contributed by atoms with E-state index in [1.54, 1.807) is 0 Å². The van der Waals surface area contributed by atoms with Crippen molar-refractivity contribution in [3.63, 3.8) is 0 Å². The lowest BCUT2D eigenvalue weighted by Crippen LogP contribution is -2.40. The van der Waals surface area contributed by atoms with Gasteiger partial charge in [-0.15, -0.1) is 0 Å². The molecule has 0 aromatic heterocycles. The van der Waals surface area contributed by atoms with Crippen LogP contribution in [-0.4, -0.2) is 57.9 Å². The molecule has 0 amide bonds. The molecule has 0 saturated carbocycles. The Morgan fingerprint density at radius 3 is 2.88 bits per heavy atom. The van der Waals surface area contributed by atoms with Crippen molar-refractivity contribution in [2.75, 3.05) is 47.0 Å². The topological polar surface area (TPSA) is 46.1 Å². The molecule has 1 saturated heterocycles. The highest BCUT2D eigenvalue weighted by molar-refractivity contribution is 5.79. The maximum atomic E-state index is 5.56. The molecule has 1 fully saturated rings. The third-order valence-corrected chi connectivity index (χ3v) is 4.69. The third kappa shape index (κ3) is 6.94. The summed E-state index contributed by atoms with van der Waals surface area (Å²) < 4.78 is 11.0. The lowest BCUT2D eigenvalue weighted by molar-refractivity contribution is 0.0625. The van der Waals surface area contributed by atoms with Crippen molar-refractivity contribution in [1.29, 1.82) is 0 Å². The van der Waals surface area contributed by atoms with Gasteiger partial charge in [-0.05, 0) is 56.2 Å². The van der Waals surface area contributed by atoms with Gasteiger partial charge < -0.3 is 19.7 Å². The number of aliphatic imine (C=N–C) groups is 1. The van der Waals surface area contributed by atoms with E-state index in [9.17, 15) is 0 Å². The smallest absolute Gasteiger partial charge is 0.193 e. The first-order chi connectivity index (χ1) is 12.2. The zero-order valence-electron chi connectivity index (χ0n) is 16.0. The molecule has 2 rings (SSSR count). The summed E-state index contributed by atoms with van der Waals surface area (Å²) in [6.45, 7) is 6.44. The minimum atomic E-state index is 0.701. The van der Waals surface area contributed by atoms with E-state index in [1.807, 2.05) is 20.0 Å². The molecule has 0 aliphatic carbocycles. The molecule has 0 bridgehead atoms. The fourth-order valence-corrected chi connectivity index (χ4v) is 3.18. The summed E-state index contributed by atoms with van der Waals surface area (Å²) >= 11 is 0. The Labute approximate surface area is 152 Å². The number of ether oxygens (including phenoxy) is 2. The van der Waals surface area contributed by atoms with Crippen LogP contribution >= 0.6 is 0 Å². The number of nitrogens with zero attached hydrogens (tertiary/aromatic N) is 2. The zero-order valence-corrected chi connectivity index (χ0v) is 16.0. The van der Waals surface area contributed by atoms with E-state index in [2.05, 4.69) is 40.5 Å². The van der Waals surface area contributed by atoms with Crippen LogP contribution < -0.4 is 10.1 Å². The molecular formula is C20H33N3O2. The molecule has 0 atom stereocenters. The molecule has 140 valence electrons. The highest BCUT2D eigenvalue weighted by Crippen LogP contribution is 2.18. The maximum absolute atomic E-state index is 5.56. The first-order valence-electron chi connectivity index (χ1n) is 9.44. The summed E-state index contributed by atoms with van der Waals surface area (Å²) in [5.41, 5.74) is 1.28. The lowest BCUT2D eigenvalue weighted by atomic mass is 9.96. The second-order valence-corrected chi connectivity index (χ2v) is 6.57. The minimum absolute atomic E-state index is 0.701. The molecule has 1 aromatic carbocycles. The van der Waals surface area contributed by atoms with Crippen molar-refractivity contribution in [2.45, 2.75) is 32.6 Å². The highest BCUT2D eigenvalue weighted by atomic mass is 16.5.